The Kier molecular flexibility index (Phi) is 4.30. The summed E-state index contributed by atoms with van der Waals surface area (Å²) >= 11 is 5.77. The van der Waals surface area contributed by atoms with Crippen LogP contribution in [-0.4, -0.2) is 31.9 Å². The second kappa shape index (κ2) is 5.63. The molecule has 2 rings (SSSR count). The molecule has 19 heavy (non-hydrogen) atoms. The Labute approximate surface area is 118 Å². The highest BCUT2D eigenvalue weighted by Gasteiger charge is 2.32. The van der Waals surface area contributed by atoms with Crippen molar-refractivity contribution in [3.05, 3.63) is 40.3 Å². The Morgan fingerprint density at radius 1 is 1.32 bits per heavy atom. The Balaban J connectivity index is 2.11. The lowest BCUT2D eigenvalue weighted by Gasteiger charge is -2.12. The van der Waals surface area contributed by atoms with Crippen LogP contribution in [0, 0.1) is 5.92 Å². The first-order chi connectivity index (χ1) is 8.88. The van der Waals surface area contributed by atoms with E-state index in [-0.39, 0.29) is 12.0 Å². The number of halogens is 1. The Morgan fingerprint density at radius 2 is 1.95 bits per heavy atom. The molecule has 1 aliphatic heterocycles. The molecule has 1 saturated heterocycles. The highest BCUT2D eigenvalue weighted by molar-refractivity contribution is 7.92. The van der Waals surface area contributed by atoms with Gasteiger partial charge in [0.1, 0.15) is 0 Å². The lowest BCUT2D eigenvalue weighted by Crippen LogP contribution is -2.31. The lowest BCUT2D eigenvalue weighted by molar-refractivity contribution is 0.472. The van der Waals surface area contributed by atoms with Gasteiger partial charge >= 0.3 is 0 Å². The van der Waals surface area contributed by atoms with Crippen molar-refractivity contribution < 1.29 is 8.42 Å². The molecule has 2 unspecified atom stereocenters. The van der Waals surface area contributed by atoms with Gasteiger partial charge < -0.3 is 5.73 Å². The third kappa shape index (κ3) is 3.57. The van der Waals surface area contributed by atoms with Gasteiger partial charge in [-0.05, 0) is 29.7 Å². The Bertz CT molecular complexity index is 559. The summed E-state index contributed by atoms with van der Waals surface area (Å²) in [6.45, 7) is 2.83. The summed E-state index contributed by atoms with van der Waals surface area (Å²) in [4.78, 5) is 0. The normalized spacial score (nSPS) is 25.2. The van der Waals surface area contributed by atoms with Gasteiger partial charge in [0.2, 0.25) is 10.0 Å². The number of hydrogen-bond acceptors (Lipinski definition) is 3. The quantitative estimate of drug-likeness (QED) is 0.927. The molecule has 1 aromatic rings. The van der Waals surface area contributed by atoms with Gasteiger partial charge in [-0.3, -0.25) is 0 Å². The fraction of sp³-hybridized carbons (Fsp3) is 0.385. The van der Waals surface area contributed by atoms with Crippen LogP contribution in [-0.2, 0) is 10.0 Å². The molecule has 1 aromatic carbocycles. The first-order valence-electron chi connectivity index (χ1n) is 6.08. The summed E-state index contributed by atoms with van der Waals surface area (Å²) in [5, 5.41) is 1.85. The molecule has 1 aliphatic rings. The maximum Gasteiger partial charge on any atom is 0.236 e. The van der Waals surface area contributed by atoms with Gasteiger partial charge in [0, 0.05) is 29.6 Å². The minimum atomic E-state index is -3.39. The SMILES string of the molecule is CC1CN(S(=O)(=O)/C=C/c2ccc(Cl)cc2)CC1N. The van der Waals surface area contributed by atoms with Gasteiger partial charge in [-0.2, -0.15) is 4.31 Å². The largest absolute Gasteiger partial charge is 0.326 e. The van der Waals surface area contributed by atoms with Crippen molar-refractivity contribution in [1.29, 1.82) is 0 Å². The molecular formula is C13H17ClN2O2S. The van der Waals surface area contributed by atoms with E-state index in [1.807, 2.05) is 6.92 Å². The minimum absolute atomic E-state index is 0.0845. The minimum Gasteiger partial charge on any atom is -0.326 e. The van der Waals surface area contributed by atoms with Crippen molar-refractivity contribution in [2.75, 3.05) is 13.1 Å². The highest BCUT2D eigenvalue weighted by atomic mass is 35.5. The molecule has 0 radical (unpaired) electrons. The summed E-state index contributed by atoms with van der Waals surface area (Å²) in [5.41, 5.74) is 6.64. The molecule has 6 heteroatoms. The molecule has 4 nitrogen and oxygen atoms in total. The number of nitrogens with zero attached hydrogens (tertiary/aromatic N) is 1. The maximum atomic E-state index is 12.1. The number of sulfonamides is 1. The average Bonchev–Trinajstić information content (AvgIpc) is 2.70. The van der Waals surface area contributed by atoms with Crippen molar-refractivity contribution in [1.82, 2.24) is 4.31 Å². The van der Waals surface area contributed by atoms with Crippen LogP contribution in [0.3, 0.4) is 0 Å². The molecule has 0 amide bonds. The van der Waals surface area contributed by atoms with Crippen LogP contribution in [0.2, 0.25) is 5.02 Å². The molecule has 104 valence electrons. The first-order valence-corrected chi connectivity index (χ1v) is 7.96. The summed E-state index contributed by atoms with van der Waals surface area (Å²) in [5.74, 6) is 0.193. The van der Waals surface area contributed by atoms with Crippen LogP contribution in [0.5, 0.6) is 0 Å². The van der Waals surface area contributed by atoms with Gasteiger partial charge in [-0.25, -0.2) is 8.42 Å². The predicted molar refractivity (Wildman–Crippen MR) is 78.1 cm³/mol. The molecular weight excluding hydrogens is 284 g/mol. The standard InChI is InChI=1S/C13H17ClN2O2S/c1-10-8-16(9-13(10)15)19(17,18)7-6-11-2-4-12(14)5-3-11/h2-7,10,13H,8-9,15H2,1H3/b7-6+. The third-order valence-corrected chi connectivity index (χ3v) is 5.05. The zero-order valence-electron chi connectivity index (χ0n) is 10.7. The smallest absolute Gasteiger partial charge is 0.236 e. The van der Waals surface area contributed by atoms with E-state index in [1.54, 1.807) is 30.3 Å². The number of rotatable bonds is 3. The summed E-state index contributed by atoms with van der Waals surface area (Å²) in [6, 6.07) is 6.90. The van der Waals surface area contributed by atoms with Gasteiger partial charge in [-0.15, -0.1) is 0 Å². The van der Waals surface area contributed by atoms with Crippen molar-refractivity contribution in [2.24, 2.45) is 11.7 Å². The van der Waals surface area contributed by atoms with Gasteiger partial charge in [0.25, 0.3) is 0 Å². The summed E-state index contributed by atoms with van der Waals surface area (Å²) in [6.07, 6.45) is 1.57. The second-order valence-corrected chi connectivity index (χ2v) is 7.11. The molecule has 0 bridgehead atoms. The van der Waals surface area contributed by atoms with Gasteiger partial charge in [-0.1, -0.05) is 30.7 Å². The van der Waals surface area contributed by atoms with Crippen molar-refractivity contribution >= 4 is 27.7 Å². The van der Waals surface area contributed by atoms with E-state index in [4.69, 9.17) is 17.3 Å². The number of hydrogen-bond donors (Lipinski definition) is 1. The molecule has 1 fully saturated rings. The van der Waals surface area contributed by atoms with Crippen molar-refractivity contribution in [3.8, 4) is 0 Å². The molecule has 2 N–H and O–H groups in total. The van der Waals surface area contributed by atoms with E-state index >= 15 is 0 Å². The third-order valence-electron chi connectivity index (χ3n) is 3.30. The Hall–Kier alpha value is -0.880. The maximum absolute atomic E-state index is 12.1. The molecule has 1 heterocycles. The predicted octanol–water partition coefficient (Wildman–Crippen LogP) is 1.92. The van der Waals surface area contributed by atoms with E-state index in [2.05, 4.69) is 0 Å². The van der Waals surface area contributed by atoms with E-state index in [0.29, 0.717) is 18.1 Å². The zero-order chi connectivity index (χ0) is 14.0. The molecule has 2 atom stereocenters. The second-order valence-electron chi connectivity index (χ2n) is 4.86. The Morgan fingerprint density at radius 3 is 2.47 bits per heavy atom. The van der Waals surface area contributed by atoms with E-state index in [9.17, 15) is 8.42 Å². The zero-order valence-corrected chi connectivity index (χ0v) is 12.2. The lowest BCUT2D eigenvalue weighted by atomic mass is 10.1. The van der Waals surface area contributed by atoms with Gasteiger partial charge in [0.15, 0.2) is 0 Å². The first kappa shape index (κ1) is 14.5. The molecule has 0 spiro atoms. The molecule has 0 aromatic heterocycles. The fourth-order valence-corrected chi connectivity index (χ4v) is 3.43. The molecule has 0 saturated carbocycles. The van der Waals surface area contributed by atoms with Crippen molar-refractivity contribution in [3.63, 3.8) is 0 Å². The van der Waals surface area contributed by atoms with E-state index in [1.165, 1.54) is 9.71 Å². The molecule has 0 aliphatic carbocycles. The average molecular weight is 301 g/mol. The van der Waals surface area contributed by atoms with Crippen LogP contribution in [0.15, 0.2) is 29.7 Å². The number of nitrogens with two attached hydrogens (primary N) is 1. The monoisotopic (exact) mass is 300 g/mol. The van der Waals surface area contributed by atoms with E-state index < -0.39 is 10.0 Å². The van der Waals surface area contributed by atoms with E-state index in [0.717, 1.165) is 5.56 Å². The van der Waals surface area contributed by atoms with Crippen molar-refractivity contribution in [2.45, 2.75) is 13.0 Å². The van der Waals surface area contributed by atoms with Crippen LogP contribution in [0.25, 0.3) is 6.08 Å². The van der Waals surface area contributed by atoms with Crippen LogP contribution >= 0.6 is 11.6 Å². The van der Waals surface area contributed by atoms with Crippen LogP contribution in [0.1, 0.15) is 12.5 Å². The highest BCUT2D eigenvalue weighted by Crippen LogP contribution is 2.19. The number of benzene rings is 1. The van der Waals surface area contributed by atoms with Crippen LogP contribution < -0.4 is 5.73 Å². The fourth-order valence-electron chi connectivity index (χ4n) is 1.98. The summed E-state index contributed by atoms with van der Waals surface area (Å²) < 4.78 is 25.7. The van der Waals surface area contributed by atoms with Crippen LogP contribution in [0.4, 0.5) is 0 Å². The summed E-state index contributed by atoms with van der Waals surface area (Å²) in [7, 11) is -3.39. The topological polar surface area (TPSA) is 63.4 Å². The van der Waals surface area contributed by atoms with Gasteiger partial charge in [0.05, 0.1) is 0 Å².